The fourth-order valence-electron chi connectivity index (χ4n) is 3.11. The zero-order chi connectivity index (χ0) is 11.8. The average molecular weight is 232 g/mol. The Morgan fingerprint density at radius 1 is 1.18 bits per heavy atom. The minimum atomic E-state index is 0.533. The van der Waals surface area contributed by atoms with Crippen LogP contribution in [0.5, 0.6) is 0 Å². The number of nitrogens with zero attached hydrogens (tertiary/aromatic N) is 3. The van der Waals surface area contributed by atoms with Gasteiger partial charge in [-0.15, -0.1) is 0 Å². The summed E-state index contributed by atoms with van der Waals surface area (Å²) in [5.41, 5.74) is 2.67. The number of hydrogen-bond donors (Lipinski definition) is 1. The van der Waals surface area contributed by atoms with Crippen LogP contribution in [0.15, 0.2) is 6.33 Å². The molecule has 0 amide bonds. The SMILES string of the molecule is CC1CN(c2ncnc3c2CCC3)CC(C)N1. The number of anilines is 1. The highest BCUT2D eigenvalue weighted by Gasteiger charge is 2.26. The van der Waals surface area contributed by atoms with Gasteiger partial charge in [0, 0.05) is 36.4 Å². The van der Waals surface area contributed by atoms with Gasteiger partial charge in [-0.25, -0.2) is 9.97 Å². The van der Waals surface area contributed by atoms with Gasteiger partial charge in [-0.1, -0.05) is 0 Å². The Bertz CT molecular complexity index is 408. The van der Waals surface area contributed by atoms with Gasteiger partial charge >= 0.3 is 0 Å². The molecular weight excluding hydrogens is 212 g/mol. The first-order chi connectivity index (χ1) is 8.24. The Morgan fingerprint density at radius 3 is 2.71 bits per heavy atom. The van der Waals surface area contributed by atoms with Gasteiger partial charge in [-0.3, -0.25) is 0 Å². The number of fused-ring (bicyclic) bond motifs is 1. The monoisotopic (exact) mass is 232 g/mol. The van der Waals surface area contributed by atoms with Crippen molar-refractivity contribution in [1.29, 1.82) is 0 Å². The summed E-state index contributed by atoms with van der Waals surface area (Å²) in [6.07, 6.45) is 5.25. The largest absolute Gasteiger partial charge is 0.353 e. The Balaban J connectivity index is 1.91. The second kappa shape index (κ2) is 4.26. The van der Waals surface area contributed by atoms with Gasteiger partial charge in [0.1, 0.15) is 12.1 Å². The molecule has 1 aliphatic carbocycles. The molecule has 3 rings (SSSR count). The van der Waals surface area contributed by atoms with Crippen LogP contribution < -0.4 is 10.2 Å². The third-order valence-electron chi connectivity index (χ3n) is 3.71. The van der Waals surface area contributed by atoms with E-state index in [2.05, 4.69) is 34.0 Å². The van der Waals surface area contributed by atoms with Crippen molar-refractivity contribution in [3.63, 3.8) is 0 Å². The summed E-state index contributed by atoms with van der Waals surface area (Å²) >= 11 is 0. The lowest BCUT2D eigenvalue weighted by Crippen LogP contribution is -2.54. The Kier molecular flexibility index (Phi) is 2.74. The van der Waals surface area contributed by atoms with Gasteiger partial charge in [0.15, 0.2) is 0 Å². The molecule has 1 aromatic rings. The summed E-state index contributed by atoms with van der Waals surface area (Å²) in [6.45, 7) is 6.58. The Hall–Kier alpha value is -1.16. The summed E-state index contributed by atoms with van der Waals surface area (Å²) in [5.74, 6) is 1.19. The van der Waals surface area contributed by atoms with E-state index in [0.29, 0.717) is 12.1 Å². The fourth-order valence-corrected chi connectivity index (χ4v) is 3.11. The van der Waals surface area contributed by atoms with Gasteiger partial charge in [0.25, 0.3) is 0 Å². The predicted octanol–water partition coefficient (Wildman–Crippen LogP) is 1.15. The molecule has 0 spiro atoms. The van der Waals surface area contributed by atoms with E-state index in [1.54, 1.807) is 6.33 Å². The third kappa shape index (κ3) is 2.02. The molecule has 1 N–H and O–H groups in total. The molecule has 92 valence electrons. The number of nitrogens with one attached hydrogen (secondary N) is 1. The maximum atomic E-state index is 4.53. The van der Waals surface area contributed by atoms with Gasteiger partial charge in [-0.05, 0) is 33.1 Å². The van der Waals surface area contributed by atoms with Crippen LogP contribution >= 0.6 is 0 Å². The summed E-state index contributed by atoms with van der Waals surface area (Å²) in [5, 5.41) is 3.56. The molecule has 4 heteroatoms. The van der Waals surface area contributed by atoms with Crippen molar-refractivity contribution >= 4 is 5.82 Å². The van der Waals surface area contributed by atoms with Crippen molar-refractivity contribution in [1.82, 2.24) is 15.3 Å². The molecule has 2 unspecified atom stereocenters. The third-order valence-corrected chi connectivity index (χ3v) is 3.71. The van der Waals surface area contributed by atoms with Crippen LogP contribution in [-0.2, 0) is 12.8 Å². The quantitative estimate of drug-likeness (QED) is 0.788. The highest BCUT2D eigenvalue weighted by Crippen LogP contribution is 2.28. The smallest absolute Gasteiger partial charge is 0.135 e. The molecule has 0 saturated carbocycles. The van der Waals surface area contributed by atoms with E-state index in [-0.39, 0.29) is 0 Å². The summed E-state index contributed by atoms with van der Waals surface area (Å²) < 4.78 is 0. The first-order valence-electron chi connectivity index (χ1n) is 6.58. The Morgan fingerprint density at radius 2 is 1.94 bits per heavy atom. The van der Waals surface area contributed by atoms with E-state index in [1.807, 2.05) is 0 Å². The lowest BCUT2D eigenvalue weighted by molar-refractivity contribution is 0.404. The van der Waals surface area contributed by atoms with Crippen molar-refractivity contribution in [2.75, 3.05) is 18.0 Å². The maximum Gasteiger partial charge on any atom is 0.135 e. The van der Waals surface area contributed by atoms with E-state index in [0.717, 1.165) is 25.9 Å². The lowest BCUT2D eigenvalue weighted by Gasteiger charge is -2.37. The zero-order valence-corrected chi connectivity index (χ0v) is 10.6. The molecule has 0 aromatic carbocycles. The summed E-state index contributed by atoms with van der Waals surface area (Å²) in [7, 11) is 0. The lowest BCUT2D eigenvalue weighted by atomic mass is 10.1. The molecule has 0 bridgehead atoms. The van der Waals surface area contributed by atoms with Crippen molar-refractivity contribution in [2.45, 2.75) is 45.2 Å². The van der Waals surface area contributed by atoms with E-state index in [9.17, 15) is 0 Å². The number of aryl methyl sites for hydroxylation is 1. The first-order valence-corrected chi connectivity index (χ1v) is 6.58. The average Bonchev–Trinajstić information content (AvgIpc) is 2.75. The second-order valence-corrected chi connectivity index (χ2v) is 5.35. The van der Waals surface area contributed by atoms with Crippen LogP contribution in [0.4, 0.5) is 5.82 Å². The van der Waals surface area contributed by atoms with Crippen LogP contribution in [0, 0.1) is 0 Å². The van der Waals surface area contributed by atoms with E-state index in [4.69, 9.17) is 0 Å². The predicted molar refractivity (Wildman–Crippen MR) is 68.3 cm³/mol. The van der Waals surface area contributed by atoms with Crippen LogP contribution in [-0.4, -0.2) is 35.1 Å². The van der Waals surface area contributed by atoms with E-state index in [1.165, 1.54) is 23.5 Å². The molecular formula is C13H20N4. The molecule has 1 fully saturated rings. The molecule has 1 aliphatic heterocycles. The van der Waals surface area contributed by atoms with Crippen molar-refractivity contribution in [2.24, 2.45) is 0 Å². The molecule has 2 atom stereocenters. The Labute approximate surface area is 102 Å². The van der Waals surface area contributed by atoms with Crippen molar-refractivity contribution < 1.29 is 0 Å². The van der Waals surface area contributed by atoms with Crippen LogP contribution in [0.25, 0.3) is 0 Å². The number of piperazine rings is 1. The summed E-state index contributed by atoms with van der Waals surface area (Å²) in [6, 6.07) is 1.07. The van der Waals surface area contributed by atoms with Crippen LogP contribution in [0.3, 0.4) is 0 Å². The number of hydrogen-bond acceptors (Lipinski definition) is 4. The summed E-state index contributed by atoms with van der Waals surface area (Å²) in [4.78, 5) is 11.4. The van der Waals surface area contributed by atoms with Gasteiger partial charge in [0.2, 0.25) is 0 Å². The first kappa shape index (κ1) is 11.0. The van der Waals surface area contributed by atoms with E-state index < -0.39 is 0 Å². The highest BCUT2D eigenvalue weighted by atomic mass is 15.3. The van der Waals surface area contributed by atoms with Gasteiger partial charge in [0.05, 0.1) is 0 Å². The van der Waals surface area contributed by atoms with Crippen molar-refractivity contribution in [3.05, 3.63) is 17.6 Å². The van der Waals surface area contributed by atoms with Crippen LogP contribution in [0.1, 0.15) is 31.5 Å². The molecule has 17 heavy (non-hydrogen) atoms. The zero-order valence-electron chi connectivity index (χ0n) is 10.6. The molecule has 4 nitrogen and oxygen atoms in total. The van der Waals surface area contributed by atoms with Gasteiger partial charge in [-0.2, -0.15) is 0 Å². The molecule has 1 saturated heterocycles. The van der Waals surface area contributed by atoms with Gasteiger partial charge < -0.3 is 10.2 Å². The minimum absolute atomic E-state index is 0.533. The molecule has 2 aliphatic rings. The van der Waals surface area contributed by atoms with Crippen LogP contribution in [0.2, 0.25) is 0 Å². The topological polar surface area (TPSA) is 41.1 Å². The minimum Gasteiger partial charge on any atom is -0.353 e. The highest BCUT2D eigenvalue weighted by molar-refractivity contribution is 5.51. The number of aromatic nitrogens is 2. The van der Waals surface area contributed by atoms with E-state index >= 15 is 0 Å². The van der Waals surface area contributed by atoms with Crippen molar-refractivity contribution in [3.8, 4) is 0 Å². The number of rotatable bonds is 1. The normalized spacial score (nSPS) is 28.2. The standard InChI is InChI=1S/C13H20N4/c1-9-6-17(7-10(2)16-9)13-11-4-3-5-12(11)14-8-15-13/h8-10,16H,3-7H2,1-2H3. The maximum absolute atomic E-state index is 4.53. The molecule has 1 aromatic heterocycles. The fraction of sp³-hybridized carbons (Fsp3) is 0.692. The molecule has 2 heterocycles. The second-order valence-electron chi connectivity index (χ2n) is 5.35. The molecule has 0 radical (unpaired) electrons.